The highest BCUT2D eigenvalue weighted by Gasteiger charge is 2.17. The molecule has 2 aromatic rings. The number of methoxy groups -OCH3 is 1. The van der Waals surface area contributed by atoms with Gasteiger partial charge in [0.15, 0.2) is 0 Å². The van der Waals surface area contributed by atoms with E-state index < -0.39 is 0 Å². The summed E-state index contributed by atoms with van der Waals surface area (Å²) in [5.41, 5.74) is 2.91. The molecule has 0 radical (unpaired) electrons. The number of hydrogen-bond acceptors (Lipinski definition) is 3. The lowest BCUT2D eigenvalue weighted by atomic mass is 10.1. The summed E-state index contributed by atoms with van der Waals surface area (Å²) in [5, 5.41) is 6.25. The van der Waals surface area contributed by atoms with E-state index in [1.807, 2.05) is 69.3 Å². The Morgan fingerprint density at radius 1 is 1.09 bits per heavy atom. The molecule has 1 amide bonds. The summed E-state index contributed by atoms with van der Waals surface area (Å²) in [6.45, 7) is 5.89. The first-order valence-electron chi connectivity index (χ1n) is 7.77. The summed E-state index contributed by atoms with van der Waals surface area (Å²) in [6, 6.07) is 15.6. The van der Waals surface area contributed by atoms with Gasteiger partial charge in [-0.1, -0.05) is 36.4 Å². The van der Waals surface area contributed by atoms with Gasteiger partial charge in [-0.15, -0.1) is 0 Å². The molecule has 2 N–H and O–H groups in total. The van der Waals surface area contributed by atoms with Crippen LogP contribution in [0.25, 0.3) is 0 Å². The zero-order chi connectivity index (χ0) is 16.8. The van der Waals surface area contributed by atoms with E-state index in [-0.39, 0.29) is 18.0 Å². The molecule has 0 spiro atoms. The molecule has 0 aromatic heterocycles. The molecule has 4 nitrogen and oxygen atoms in total. The SMILES string of the molecule is COc1ccc(C)cc1NC(=O)[C@H](C)N[C@@H](C)c1ccccc1. The Hall–Kier alpha value is -2.33. The Balaban J connectivity index is 2.02. The summed E-state index contributed by atoms with van der Waals surface area (Å²) >= 11 is 0. The van der Waals surface area contributed by atoms with Gasteiger partial charge in [0.2, 0.25) is 5.91 Å². The molecule has 2 aromatic carbocycles. The molecule has 0 aliphatic carbocycles. The van der Waals surface area contributed by atoms with E-state index in [2.05, 4.69) is 10.6 Å². The van der Waals surface area contributed by atoms with Crippen LogP contribution in [0.1, 0.15) is 31.0 Å². The highest BCUT2D eigenvalue weighted by Crippen LogP contribution is 2.25. The normalized spacial score (nSPS) is 13.2. The molecular formula is C19H24N2O2. The second kappa shape index (κ2) is 7.79. The number of rotatable bonds is 6. The lowest BCUT2D eigenvalue weighted by Crippen LogP contribution is -2.39. The number of nitrogens with one attached hydrogen (secondary N) is 2. The van der Waals surface area contributed by atoms with Gasteiger partial charge >= 0.3 is 0 Å². The van der Waals surface area contributed by atoms with Crippen molar-refractivity contribution in [1.82, 2.24) is 5.32 Å². The number of amides is 1. The highest BCUT2D eigenvalue weighted by atomic mass is 16.5. The molecule has 122 valence electrons. The maximum Gasteiger partial charge on any atom is 0.241 e. The van der Waals surface area contributed by atoms with E-state index in [9.17, 15) is 4.79 Å². The van der Waals surface area contributed by atoms with Crippen LogP contribution >= 0.6 is 0 Å². The second-order valence-electron chi connectivity index (χ2n) is 5.71. The van der Waals surface area contributed by atoms with Crippen molar-refractivity contribution >= 4 is 11.6 Å². The van der Waals surface area contributed by atoms with Crippen LogP contribution in [0.15, 0.2) is 48.5 Å². The van der Waals surface area contributed by atoms with Crippen molar-refractivity contribution in [1.29, 1.82) is 0 Å². The predicted molar refractivity (Wildman–Crippen MR) is 93.8 cm³/mol. The number of aryl methyl sites for hydroxylation is 1. The molecule has 0 heterocycles. The smallest absolute Gasteiger partial charge is 0.241 e. The fourth-order valence-electron chi connectivity index (χ4n) is 2.45. The molecule has 0 aliphatic heterocycles. The Morgan fingerprint density at radius 3 is 2.43 bits per heavy atom. The number of carbonyl (C=O) groups excluding carboxylic acids is 1. The molecule has 0 saturated carbocycles. The average molecular weight is 312 g/mol. The minimum absolute atomic E-state index is 0.0864. The van der Waals surface area contributed by atoms with Crippen molar-refractivity contribution in [2.75, 3.05) is 12.4 Å². The van der Waals surface area contributed by atoms with Crippen LogP contribution in [0.4, 0.5) is 5.69 Å². The molecule has 0 saturated heterocycles. The van der Waals surface area contributed by atoms with Gasteiger partial charge in [0.1, 0.15) is 5.75 Å². The van der Waals surface area contributed by atoms with Gasteiger partial charge in [-0.2, -0.15) is 0 Å². The average Bonchev–Trinajstić information content (AvgIpc) is 2.55. The Bertz CT molecular complexity index is 656. The minimum Gasteiger partial charge on any atom is -0.495 e. The lowest BCUT2D eigenvalue weighted by molar-refractivity contribution is -0.117. The first kappa shape index (κ1) is 17.0. The Kier molecular flexibility index (Phi) is 5.77. The van der Waals surface area contributed by atoms with Gasteiger partial charge in [-0.25, -0.2) is 0 Å². The molecule has 4 heteroatoms. The maximum absolute atomic E-state index is 12.4. The van der Waals surface area contributed by atoms with E-state index in [4.69, 9.17) is 4.74 Å². The molecule has 0 unspecified atom stereocenters. The van der Waals surface area contributed by atoms with Gasteiger partial charge in [-0.05, 0) is 44.0 Å². The van der Waals surface area contributed by atoms with Crippen LogP contribution in [0.5, 0.6) is 5.75 Å². The fraction of sp³-hybridized carbons (Fsp3) is 0.316. The highest BCUT2D eigenvalue weighted by molar-refractivity contribution is 5.96. The van der Waals surface area contributed by atoms with Crippen LogP contribution in [-0.4, -0.2) is 19.1 Å². The summed E-state index contributed by atoms with van der Waals surface area (Å²) in [5.74, 6) is 0.573. The van der Waals surface area contributed by atoms with Crippen LogP contribution in [0.3, 0.4) is 0 Å². The van der Waals surface area contributed by atoms with Crippen molar-refractivity contribution in [3.63, 3.8) is 0 Å². The number of benzene rings is 2. The third-order valence-electron chi connectivity index (χ3n) is 3.81. The third kappa shape index (κ3) is 4.57. The van der Waals surface area contributed by atoms with Crippen LogP contribution in [-0.2, 0) is 4.79 Å². The first-order chi connectivity index (χ1) is 11.0. The second-order valence-corrected chi connectivity index (χ2v) is 5.71. The van der Waals surface area contributed by atoms with E-state index in [0.717, 1.165) is 11.1 Å². The van der Waals surface area contributed by atoms with E-state index >= 15 is 0 Å². The van der Waals surface area contributed by atoms with Crippen LogP contribution in [0, 0.1) is 6.92 Å². The van der Waals surface area contributed by atoms with Gasteiger partial charge in [0.05, 0.1) is 18.8 Å². The summed E-state index contributed by atoms with van der Waals surface area (Å²) in [7, 11) is 1.60. The van der Waals surface area contributed by atoms with E-state index in [1.54, 1.807) is 7.11 Å². The van der Waals surface area contributed by atoms with E-state index in [0.29, 0.717) is 11.4 Å². The number of hydrogen-bond donors (Lipinski definition) is 2. The van der Waals surface area contributed by atoms with Crippen LogP contribution in [0.2, 0.25) is 0 Å². The minimum atomic E-state index is -0.324. The zero-order valence-corrected chi connectivity index (χ0v) is 14.1. The molecule has 0 bridgehead atoms. The quantitative estimate of drug-likeness (QED) is 0.855. The third-order valence-corrected chi connectivity index (χ3v) is 3.81. The lowest BCUT2D eigenvalue weighted by Gasteiger charge is -2.20. The molecule has 23 heavy (non-hydrogen) atoms. The standard InChI is InChI=1S/C19H24N2O2/c1-13-10-11-18(23-4)17(12-13)21-19(22)15(3)20-14(2)16-8-6-5-7-9-16/h5-12,14-15,20H,1-4H3,(H,21,22)/t14-,15-/m0/s1. The molecule has 2 atom stereocenters. The van der Waals surface area contributed by atoms with Crippen molar-refractivity contribution in [3.05, 3.63) is 59.7 Å². The monoisotopic (exact) mass is 312 g/mol. The fourth-order valence-corrected chi connectivity index (χ4v) is 2.45. The zero-order valence-electron chi connectivity index (χ0n) is 14.1. The van der Waals surface area contributed by atoms with Crippen molar-refractivity contribution in [2.24, 2.45) is 0 Å². The number of carbonyl (C=O) groups is 1. The first-order valence-corrected chi connectivity index (χ1v) is 7.77. The number of anilines is 1. The topological polar surface area (TPSA) is 50.4 Å². The van der Waals surface area contributed by atoms with Crippen LogP contribution < -0.4 is 15.4 Å². The molecule has 0 fully saturated rings. The number of ether oxygens (including phenoxy) is 1. The largest absolute Gasteiger partial charge is 0.495 e. The Labute approximate surface area is 137 Å². The molecule has 2 rings (SSSR count). The van der Waals surface area contributed by atoms with Crippen molar-refractivity contribution in [3.8, 4) is 5.75 Å². The molecular weight excluding hydrogens is 288 g/mol. The van der Waals surface area contributed by atoms with Crippen molar-refractivity contribution < 1.29 is 9.53 Å². The molecule has 0 aliphatic rings. The summed E-state index contributed by atoms with van der Waals surface area (Å²) in [4.78, 5) is 12.4. The van der Waals surface area contributed by atoms with Crippen molar-refractivity contribution in [2.45, 2.75) is 32.9 Å². The summed E-state index contributed by atoms with van der Waals surface area (Å²) in [6.07, 6.45) is 0. The van der Waals surface area contributed by atoms with Gasteiger partial charge in [0, 0.05) is 6.04 Å². The summed E-state index contributed by atoms with van der Waals surface area (Å²) < 4.78 is 5.30. The van der Waals surface area contributed by atoms with E-state index in [1.165, 1.54) is 0 Å². The Morgan fingerprint density at radius 2 is 1.78 bits per heavy atom. The van der Waals surface area contributed by atoms with Gasteiger partial charge in [0.25, 0.3) is 0 Å². The predicted octanol–water partition coefficient (Wildman–Crippen LogP) is 3.68. The van der Waals surface area contributed by atoms with Gasteiger partial charge < -0.3 is 10.1 Å². The van der Waals surface area contributed by atoms with Gasteiger partial charge in [-0.3, -0.25) is 10.1 Å². The maximum atomic E-state index is 12.4.